The normalized spacial score (nSPS) is 15.7. The van der Waals surface area contributed by atoms with E-state index in [2.05, 4.69) is 0 Å². The third-order valence-electron chi connectivity index (χ3n) is 4.27. The van der Waals surface area contributed by atoms with Crippen molar-refractivity contribution in [3.8, 4) is 5.75 Å². The molecular weight excluding hydrogens is 315 g/mol. The molecule has 7 heteroatoms. The van der Waals surface area contributed by atoms with Gasteiger partial charge < -0.3 is 24.4 Å². The second-order valence-electron chi connectivity index (χ2n) is 5.87. The lowest BCUT2D eigenvalue weighted by Gasteiger charge is -2.33. The van der Waals surface area contributed by atoms with Gasteiger partial charge in [-0.1, -0.05) is 12.1 Å². The Morgan fingerprint density at radius 2 is 1.96 bits per heavy atom. The van der Waals surface area contributed by atoms with Crippen LogP contribution in [0, 0.1) is 5.82 Å². The van der Waals surface area contributed by atoms with Crippen molar-refractivity contribution in [2.75, 3.05) is 31.1 Å². The SMILES string of the molecule is O=c1cc(CO)oc(C[NH+]2CCN(c3ccccc3F)CC2)c1O. The first kappa shape index (κ1) is 16.5. The van der Waals surface area contributed by atoms with Crippen LogP contribution >= 0.6 is 0 Å². The van der Waals surface area contributed by atoms with Crippen LogP contribution in [0.25, 0.3) is 0 Å². The van der Waals surface area contributed by atoms with Crippen LogP contribution in [0.3, 0.4) is 0 Å². The molecule has 0 unspecified atom stereocenters. The van der Waals surface area contributed by atoms with E-state index in [1.807, 2.05) is 11.0 Å². The summed E-state index contributed by atoms with van der Waals surface area (Å²) in [4.78, 5) is 14.8. The molecule has 1 aromatic carbocycles. The zero-order chi connectivity index (χ0) is 17.1. The summed E-state index contributed by atoms with van der Waals surface area (Å²) < 4.78 is 19.2. The second-order valence-corrected chi connectivity index (χ2v) is 5.87. The number of nitrogens with zero attached hydrogens (tertiary/aromatic N) is 1. The van der Waals surface area contributed by atoms with Gasteiger partial charge in [-0.2, -0.15) is 0 Å². The molecule has 2 aromatic rings. The van der Waals surface area contributed by atoms with Crippen LogP contribution in [0.1, 0.15) is 11.5 Å². The zero-order valence-corrected chi connectivity index (χ0v) is 13.2. The molecule has 0 spiro atoms. The smallest absolute Gasteiger partial charge is 0.227 e. The highest BCUT2D eigenvalue weighted by Gasteiger charge is 2.24. The number of anilines is 1. The minimum atomic E-state index is -0.551. The molecule has 0 radical (unpaired) electrons. The van der Waals surface area contributed by atoms with Gasteiger partial charge >= 0.3 is 0 Å². The molecule has 24 heavy (non-hydrogen) atoms. The fourth-order valence-corrected chi connectivity index (χ4v) is 2.96. The molecule has 0 saturated carbocycles. The van der Waals surface area contributed by atoms with Crippen LogP contribution in [0.4, 0.5) is 10.1 Å². The van der Waals surface area contributed by atoms with Gasteiger partial charge in [-0.3, -0.25) is 4.79 Å². The molecule has 2 heterocycles. The standard InChI is InChI=1S/C17H19FN2O4/c18-13-3-1-2-4-14(13)20-7-5-19(6-8-20)10-16-17(23)15(22)9-12(11-21)24-16/h1-4,9,21,23H,5-8,10-11H2/p+1. The fraction of sp³-hybridized carbons (Fsp3) is 0.353. The van der Waals surface area contributed by atoms with Crippen molar-refractivity contribution in [1.82, 2.24) is 0 Å². The number of para-hydroxylation sites is 1. The number of hydrogen-bond acceptors (Lipinski definition) is 5. The third-order valence-corrected chi connectivity index (χ3v) is 4.27. The summed E-state index contributed by atoms with van der Waals surface area (Å²) in [7, 11) is 0. The van der Waals surface area contributed by atoms with Crippen molar-refractivity contribution in [3.63, 3.8) is 0 Å². The van der Waals surface area contributed by atoms with Gasteiger partial charge in [0.15, 0.2) is 0 Å². The first-order chi connectivity index (χ1) is 11.6. The number of halogens is 1. The highest BCUT2D eigenvalue weighted by atomic mass is 19.1. The maximum Gasteiger partial charge on any atom is 0.227 e. The van der Waals surface area contributed by atoms with Crippen LogP contribution in [-0.4, -0.2) is 36.4 Å². The molecule has 1 fully saturated rings. The van der Waals surface area contributed by atoms with Crippen molar-refractivity contribution in [3.05, 3.63) is 57.9 Å². The fourth-order valence-electron chi connectivity index (χ4n) is 2.96. The molecule has 0 atom stereocenters. The van der Waals surface area contributed by atoms with Gasteiger partial charge in [0.05, 0.1) is 31.9 Å². The Kier molecular flexibility index (Phi) is 4.82. The third kappa shape index (κ3) is 3.42. The van der Waals surface area contributed by atoms with E-state index in [9.17, 15) is 14.3 Å². The molecule has 0 aliphatic carbocycles. The topological polar surface area (TPSA) is 78.3 Å². The number of aromatic hydroxyl groups is 1. The van der Waals surface area contributed by atoms with Gasteiger partial charge in [0.1, 0.15) is 24.7 Å². The zero-order valence-electron chi connectivity index (χ0n) is 13.2. The molecular formula is C17H20FN2O4+. The quantitative estimate of drug-likeness (QED) is 0.726. The number of quaternary nitrogens is 1. The first-order valence-electron chi connectivity index (χ1n) is 7.87. The van der Waals surface area contributed by atoms with Crippen molar-refractivity contribution >= 4 is 5.69 Å². The van der Waals surface area contributed by atoms with E-state index in [0.29, 0.717) is 25.3 Å². The molecule has 1 aromatic heterocycles. The predicted octanol–water partition coefficient (Wildman–Crippen LogP) is -0.118. The molecule has 3 rings (SSSR count). The van der Waals surface area contributed by atoms with Crippen LogP contribution < -0.4 is 15.2 Å². The highest BCUT2D eigenvalue weighted by Crippen LogP contribution is 2.18. The predicted molar refractivity (Wildman–Crippen MR) is 85.6 cm³/mol. The molecule has 6 nitrogen and oxygen atoms in total. The van der Waals surface area contributed by atoms with Gasteiger partial charge in [0, 0.05) is 6.07 Å². The summed E-state index contributed by atoms with van der Waals surface area (Å²) in [6.45, 7) is 2.74. The van der Waals surface area contributed by atoms with Gasteiger partial charge in [-0.15, -0.1) is 0 Å². The van der Waals surface area contributed by atoms with E-state index in [1.165, 1.54) is 6.07 Å². The molecule has 1 aliphatic heterocycles. The minimum Gasteiger partial charge on any atom is -0.502 e. The van der Waals surface area contributed by atoms with E-state index in [-0.39, 0.29) is 23.9 Å². The summed E-state index contributed by atoms with van der Waals surface area (Å²) >= 11 is 0. The number of nitrogens with one attached hydrogen (secondary N) is 1. The maximum absolute atomic E-state index is 13.8. The van der Waals surface area contributed by atoms with Crippen LogP contribution in [0.15, 0.2) is 39.5 Å². The lowest BCUT2D eigenvalue weighted by molar-refractivity contribution is -0.915. The van der Waals surface area contributed by atoms with Crippen molar-refractivity contribution in [2.24, 2.45) is 0 Å². The largest absolute Gasteiger partial charge is 0.502 e. The van der Waals surface area contributed by atoms with Crippen molar-refractivity contribution in [2.45, 2.75) is 13.2 Å². The van der Waals surface area contributed by atoms with Gasteiger partial charge in [0.25, 0.3) is 0 Å². The lowest BCUT2D eigenvalue weighted by Crippen LogP contribution is -3.13. The first-order valence-corrected chi connectivity index (χ1v) is 7.87. The lowest BCUT2D eigenvalue weighted by atomic mass is 10.2. The molecule has 1 aliphatic rings. The summed E-state index contributed by atoms with van der Waals surface area (Å²) in [6, 6.07) is 7.77. The molecule has 3 N–H and O–H groups in total. The molecule has 128 valence electrons. The van der Waals surface area contributed by atoms with Crippen LogP contribution in [-0.2, 0) is 13.2 Å². The van der Waals surface area contributed by atoms with E-state index in [4.69, 9.17) is 9.52 Å². The monoisotopic (exact) mass is 335 g/mol. The summed E-state index contributed by atoms with van der Waals surface area (Å²) in [5, 5.41) is 19.0. The van der Waals surface area contributed by atoms with E-state index in [1.54, 1.807) is 12.1 Å². The maximum atomic E-state index is 13.8. The second kappa shape index (κ2) is 7.02. The minimum absolute atomic E-state index is 0.136. The van der Waals surface area contributed by atoms with Gasteiger partial charge in [-0.25, -0.2) is 4.39 Å². The average Bonchev–Trinajstić information content (AvgIpc) is 2.60. The summed E-state index contributed by atoms with van der Waals surface area (Å²) in [5.74, 6) is -0.324. The number of rotatable bonds is 4. The van der Waals surface area contributed by atoms with Crippen LogP contribution in [0.5, 0.6) is 5.75 Å². The summed E-state index contributed by atoms with van der Waals surface area (Å²) in [6.07, 6.45) is 0. The molecule has 0 bridgehead atoms. The number of hydrogen-bond donors (Lipinski definition) is 3. The van der Waals surface area contributed by atoms with Gasteiger partial charge in [-0.05, 0) is 12.1 Å². The number of benzene rings is 1. The van der Waals surface area contributed by atoms with E-state index >= 15 is 0 Å². The Hall–Kier alpha value is -2.38. The average molecular weight is 335 g/mol. The number of piperazine rings is 1. The Balaban J connectivity index is 1.67. The molecule has 0 amide bonds. The number of aliphatic hydroxyl groups excluding tert-OH is 1. The molecule has 1 saturated heterocycles. The van der Waals surface area contributed by atoms with Crippen molar-refractivity contribution < 1.29 is 23.9 Å². The summed E-state index contributed by atoms with van der Waals surface area (Å²) in [5.41, 5.74) is 0.0397. The van der Waals surface area contributed by atoms with E-state index < -0.39 is 11.2 Å². The number of aliphatic hydroxyl groups is 1. The Bertz CT molecular complexity index is 769. The highest BCUT2D eigenvalue weighted by molar-refractivity contribution is 5.47. The Labute approximate surface area is 138 Å². The van der Waals surface area contributed by atoms with Gasteiger partial charge in [0.2, 0.25) is 16.9 Å². The van der Waals surface area contributed by atoms with E-state index in [0.717, 1.165) is 24.1 Å². The Morgan fingerprint density at radius 3 is 2.62 bits per heavy atom. The Morgan fingerprint density at radius 1 is 1.25 bits per heavy atom. The van der Waals surface area contributed by atoms with Crippen LogP contribution in [0.2, 0.25) is 0 Å². The van der Waals surface area contributed by atoms with Crippen molar-refractivity contribution in [1.29, 1.82) is 0 Å².